The first-order valence-corrected chi connectivity index (χ1v) is 5.29. The lowest BCUT2D eigenvalue weighted by Crippen LogP contribution is -2.21. The molecule has 0 unspecified atom stereocenters. The molecule has 2 rings (SSSR count). The van der Waals surface area contributed by atoms with E-state index in [1.165, 1.54) is 6.20 Å². The lowest BCUT2D eigenvalue weighted by Gasteiger charge is -2.14. The molecule has 1 aromatic heterocycles. The number of hydrogen-bond acceptors (Lipinski definition) is 4. The second kappa shape index (κ2) is 2.79. The summed E-state index contributed by atoms with van der Waals surface area (Å²) >= 11 is 0. The molecule has 1 aromatic rings. The maximum Gasteiger partial charge on any atom is 0.241 e. The fourth-order valence-corrected chi connectivity index (χ4v) is 1.98. The van der Waals surface area contributed by atoms with Gasteiger partial charge >= 0.3 is 0 Å². The Balaban J connectivity index is 2.55. The molecule has 1 aliphatic heterocycles. The van der Waals surface area contributed by atoms with Crippen molar-refractivity contribution in [3.8, 4) is 0 Å². The minimum Gasteiger partial charge on any atom is -0.373 e. The van der Waals surface area contributed by atoms with Crippen LogP contribution in [-0.4, -0.2) is 24.8 Å². The van der Waals surface area contributed by atoms with Crippen molar-refractivity contribution >= 4 is 10.0 Å². The van der Waals surface area contributed by atoms with E-state index in [1.807, 2.05) is 0 Å². The van der Waals surface area contributed by atoms with Crippen LogP contribution in [0.4, 0.5) is 0 Å². The lowest BCUT2D eigenvalue weighted by atomic mass is 10.4. The summed E-state index contributed by atoms with van der Waals surface area (Å²) in [4.78, 5) is 0.0622. The molecule has 0 spiro atoms. The van der Waals surface area contributed by atoms with Crippen LogP contribution in [0.25, 0.3) is 0 Å². The van der Waals surface area contributed by atoms with E-state index in [0.717, 1.165) is 0 Å². The molecule has 0 saturated heterocycles. The number of ether oxygens (including phenoxy) is 1. The van der Waals surface area contributed by atoms with Crippen LogP contribution in [0.5, 0.6) is 0 Å². The molecule has 0 aliphatic carbocycles. The Kier molecular flexibility index (Phi) is 1.86. The van der Waals surface area contributed by atoms with Crippen molar-refractivity contribution in [1.29, 1.82) is 0 Å². The number of rotatable bonds is 1. The third-order valence-electron chi connectivity index (χ3n) is 1.90. The highest BCUT2D eigenvalue weighted by Crippen LogP contribution is 2.17. The minimum absolute atomic E-state index is 0.0622. The van der Waals surface area contributed by atoms with Gasteiger partial charge in [-0.1, -0.05) is 0 Å². The van der Waals surface area contributed by atoms with E-state index in [1.54, 1.807) is 4.68 Å². The lowest BCUT2D eigenvalue weighted by molar-refractivity contribution is 0.0780. The molecule has 0 saturated carbocycles. The van der Waals surface area contributed by atoms with Crippen LogP contribution in [0.15, 0.2) is 11.1 Å². The van der Waals surface area contributed by atoms with Crippen molar-refractivity contribution < 1.29 is 13.2 Å². The fourth-order valence-electron chi connectivity index (χ4n) is 1.29. The molecule has 2 heterocycles. The van der Waals surface area contributed by atoms with Gasteiger partial charge in [0.25, 0.3) is 0 Å². The third kappa shape index (κ3) is 1.45. The van der Waals surface area contributed by atoms with Crippen molar-refractivity contribution in [1.82, 2.24) is 9.78 Å². The minimum atomic E-state index is -3.66. The summed E-state index contributed by atoms with van der Waals surface area (Å²) in [5, 5.41) is 8.89. The van der Waals surface area contributed by atoms with Crippen molar-refractivity contribution in [2.45, 2.75) is 18.0 Å². The number of nitrogens with zero attached hydrogens (tertiary/aromatic N) is 2. The van der Waals surface area contributed by atoms with Crippen LogP contribution >= 0.6 is 0 Å². The Hall–Kier alpha value is -0.920. The van der Waals surface area contributed by atoms with Crippen LogP contribution in [0, 0.1) is 0 Å². The van der Waals surface area contributed by atoms with E-state index in [2.05, 4.69) is 5.10 Å². The summed E-state index contributed by atoms with van der Waals surface area (Å²) in [6.07, 6.45) is 1.26. The predicted octanol–water partition coefficient (Wildman–Crippen LogP) is -0.939. The first-order chi connectivity index (χ1) is 6.09. The number of fused-ring (bicyclic) bond motifs is 1. The molecule has 0 radical (unpaired) electrons. The molecule has 0 amide bonds. The van der Waals surface area contributed by atoms with E-state index < -0.39 is 10.0 Å². The maximum atomic E-state index is 11.0. The smallest absolute Gasteiger partial charge is 0.241 e. The zero-order chi connectivity index (χ0) is 9.47. The van der Waals surface area contributed by atoms with Crippen LogP contribution in [0.1, 0.15) is 5.69 Å². The highest BCUT2D eigenvalue weighted by Gasteiger charge is 2.21. The standard InChI is InChI=1S/C6H9N3O3S/c7-13(10,11)6-3-8-9-1-2-12-4-5(6)9/h3H,1-2,4H2,(H2,7,10,11). The molecule has 0 fully saturated rings. The fraction of sp³-hybridized carbons (Fsp3) is 0.500. The van der Waals surface area contributed by atoms with Crippen molar-refractivity contribution in [3.63, 3.8) is 0 Å². The normalized spacial score (nSPS) is 17.0. The van der Waals surface area contributed by atoms with Crippen LogP contribution < -0.4 is 5.14 Å². The number of sulfonamides is 1. The summed E-state index contributed by atoms with van der Waals surface area (Å²) in [5.41, 5.74) is 0.536. The summed E-state index contributed by atoms with van der Waals surface area (Å²) in [5.74, 6) is 0. The SMILES string of the molecule is NS(=O)(=O)c1cnn2c1COCC2. The Morgan fingerprint density at radius 3 is 3.08 bits per heavy atom. The highest BCUT2D eigenvalue weighted by atomic mass is 32.2. The molecule has 13 heavy (non-hydrogen) atoms. The van der Waals surface area contributed by atoms with Gasteiger partial charge in [-0.15, -0.1) is 0 Å². The summed E-state index contributed by atoms with van der Waals surface area (Å²) in [7, 11) is -3.66. The summed E-state index contributed by atoms with van der Waals surface area (Å²) < 4.78 is 28.8. The van der Waals surface area contributed by atoms with E-state index in [4.69, 9.17) is 9.88 Å². The topological polar surface area (TPSA) is 87.2 Å². The molecule has 1 aliphatic rings. The van der Waals surface area contributed by atoms with Crippen LogP contribution in [0.2, 0.25) is 0 Å². The van der Waals surface area contributed by atoms with E-state index in [9.17, 15) is 8.42 Å². The predicted molar refractivity (Wildman–Crippen MR) is 43.3 cm³/mol. The van der Waals surface area contributed by atoms with Crippen molar-refractivity contribution in [2.75, 3.05) is 6.61 Å². The average molecular weight is 203 g/mol. The monoisotopic (exact) mass is 203 g/mol. The summed E-state index contributed by atoms with van der Waals surface area (Å²) in [6, 6.07) is 0. The molecule has 2 N–H and O–H groups in total. The number of primary sulfonamides is 1. The van der Waals surface area contributed by atoms with Gasteiger partial charge in [-0.25, -0.2) is 13.6 Å². The zero-order valence-corrected chi connectivity index (χ0v) is 7.62. The first-order valence-electron chi connectivity index (χ1n) is 3.74. The van der Waals surface area contributed by atoms with Gasteiger partial charge < -0.3 is 4.74 Å². The van der Waals surface area contributed by atoms with Gasteiger partial charge in [0.2, 0.25) is 10.0 Å². The highest BCUT2D eigenvalue weighted by molar-refractivity contribution is 7.89. The van der Waals surface area contributed by atoms with E-state index in [-0.39, 0.29) is 11.5 Å². The third-order valence-corrected chi connectivity index (χ3v) is 2.86. The molecule has 6 nitrogen and oxygen atoms in total. The number of hydrogen-bond donors (Lipinski definition) is 1. The molecular formula is C6H9N3O3S. The number of nitrogens with two attached hydrogens (primary N) is 1. The Morgan fingerprint density at radius 1 is 1.62 bits per heavy atom. The van der Waals surface area contributed by atoms with Gasteiger partial charge in [0.1, 0.15) is 4.90 Å². The Morgan fingerprint density at radius 2 is 2.38 bits per heavy atom. The molecule has 0 bridgehead atoms. The first kappa shape index (κ1) is 8.67. The molecule has 0 atom stereocenters. The average Bonchev–Trinajstić information content (AvgIpc) is 2.45. The maximum absolute atomic E-state index is 11.0. The zero-order valence-electron chi connectivity index (χ0n) is 6.80. The molecule has 72 valence electrons. The quantitative estimate of drug-likeness (QED) is 0.638. The van der Waals surface area contributed by atoms with Gasteiger partial charge in [0.15, 0.2) is 0 Å². The van der Waals surface area contributed by atoms with Gasteiger partial charge in [-0.05, 0) is 0 Å². The largest absolute Gasteiger partial charge is 0.373 e. The molecule has 0 aromatic carbocycles. The number of aromatic nitrogens is 2. The van der Waals surface area contributed by atoms with Crippen molar-refractivity contribution in [3.05, 3.63) is 11.9 Å². The van der Waals surface area contributed by atoms with Gasteiger partial charge in [0.05, 0.1) is 31.6 Å². The second-order valence-corrected chi connectivity index (χ2v) is 4.31. The van der Waals surface area contributed by atoms with Crippen LogP contribution in [-0.2, 0) is 27.9 Å². The van der Waals surface area contributed by atoms with E-state index >= 15 is 0 Å². The summed E-state index contributed by atoms with van der Waals surface area (Å²) in [6.45, 7) is 1.38. The van der Waals surface area contributed by atoms with Gasteiger partial charge in [-0.3, -0.25) is 4.68 Å². The van der Waals surface area contributed by atoms with Crippen LogP contribution in [0.3, 0.4) is 0 Å². The Labute approximate surface area is 75.3 Å². The molecular weight excluding hydrogens is 194 g/mol. The van der Waals surface area contributed by atoms with Crippen molar-refractivity contribution in [2.24, 2.45) is 5.14 Å². The van der Waals surface area contributed by atoms with Gasteiger partial charge in [0, 0.05) is 0 Å². The van der Waals surface area contributed by atoms with E-state index in [0.29, 0.717) is 18.8 Å². The molecule has 7 heteroatoms. The van der Waals surface area contributed by atoms with Gasteiger partial charge in [-0.2, -0.15) is 5.10 Å². The Bertz CT molecular complexity index is 422. The second-order valence-electron chi connectivity index (χ2n) is 2.78.